The average molecular weight is 345 g/mol. The highest BCUT2D eigenvalue weighted by Gasteiger charge is 2.17. The molecular formula is C20H19N5O. The van der Waals surface area contributed by atoms with E-state index in [1.54, 1.807) is 7.11 Å². The van der Waals surface area contributed by atoms with Gasteiger partial charge in [0, 0.05) is 24.2 Å². The molecular weight excluding hydrogens is 326 g/mol. The molecule has 26 heavy (non-hydrogen) atoms. The lowest BCUT2D eigenvalue weighted by molar-refractivity contribution is 0.353. The lowest BCUT2D eigenvalue weighted by Gasteiger charge is -2.11. The van der Waals surface area contributed by atoms with Gasteiger partial charge >= 0.3 is 0 Å². The minimum Gasteiger partial charge on any atom is -0.496 e. The maximum absolute atomic E-state index is 5.52. The smallest absolute Gasteiger partial charge is 0.157 e. The van der Waals surface area contributed by atoms with E-state index in [1.165, 1.54) is 11.1 Å². The highest BCUT2D eigenvalue weighted by Crippen LogP contribution is 2.35. The van der Waals surface area contributed by atoms with E-state index < -0.39 is 0 Å². The van der Waals surface area contributed by atoms with E-state index in [4.69, 9.17) is 9.72 Å². The van der Waals surface area contributed by atoms with E-state index >= 15 is 0 Å². The van der Waals surface area contributed by atoms with Gasteiger partial charge in [0.25, 0.3) is 0 Å². The van der Waals surface area contributed by atoms with Crippen molar-refractivity contribution in [2.24, 2.45) is 0 Å². The maximum atomic E-state index is 5.52. The number of rotatable bonds is 3. The predicted octanol–water partition coefficient (Wildman–Crippen LogP) is 3.81. The van der Waals surface area contributed by atoms with Crippen LogP contribution in [0.1, 0.15) is 11.1 Å². The Morgan fingerprint density at radius 1 is 1.15 bits per heavy atom. The number of aromatic nitrogens is 3. The SMILES string of the molecule is COc1cccc2nc(Nc3ccc4c(c3)CN(C)C4)c3[nH]ncc3c12. The number of hydrogen-bond donors (Lipinski definition) is 2. The van der Waals surface area contributed by atoms with E-state index in [0.717, 1.165) is 52.2 Å². The fourth-order valence-corrected chi connectivity index (χ4v) is 3.76. The van der Waals surface area contributed by atoms with Crippen molar-refractivity contribution in [2.75, 3.05) is 19.5 Å². The molecule has 0 fully saturated rings. The Morgan fingerprint density at radius 2 is 2.04 bits per heavy atom. The molecule has 0 bridgehead atoms. The van der Waals surface area contributed by atoms with E-state index in [0.29, 0.717) is 0 Å². The third-order valence-corrected chi connectivity index (χ3v) is 4.95. The van der Waals surface area contributed by atoms with Crippen molar-refractivity contribution in [2.45, 2.75) is 13.1 Å². The molecule has 0 radical (unpaired) electrons. The number of fused-ring (bicyclic) bond motifs is 4. The number of H-pyrrole nitrogens is 1. The molecule has 5 rings (SSSR count). The van der Waals surface area contributed by atoms with Gasteiger partial charge in [0.15, 0.2) is 5.82 Å². The summed E-state index contributed by atoms with van der Waals surface area (Å²) in [5.74, 6) is 1.57. The van der Waals surface area contributed by atoms with Crippen LogP contribution in [0.15, 0.2) is 42.6 Å². The van der Waals surface area contributed by atoms with Crippen molar-refractivity contribution in [1.29, 1.82) is 0 Å². The molecule has 6 heteroatoms. The Morgan fingerprint density at radius 3 is 2.92 bits per heavy atom. The van der Waals surface area contributed by atoms with Crippen molar-refractivity contribution < 1.29 is 4.74 Å². The minimum atomic E-state index is 0.768. The van der Waals surface area contributed by atoms with Gasteiger partial charge in [-0.15, -0.1) is 0 Å². The molecule has 0 saturated heterocycles. The van der Waals surface area contributed by atoms with Crippen LogP contribution in [0.4, 0.5) is 11.5 Å². The molecule has 0 aliphatic carbocycles. The number of nitrogens with one attached hydrogen (secondary N) is 2. The number of ether oxygens (including phenoxy) is 1. The van der Waals surface area contributed by atoms with Crippen molar-refractivity contribution in [1.82, 2.24) is 20.1 Å². The van der Waals surface area contributed by atoms with Crippen LogP contribution in [0.5, 0.6) is 5.75 Å². The van der Waals surface area contributed by atoms with Crippen LogP contribution < -0.4 is 10.1 Å². The molecule has 0 spiro atoms. The summed E-state index contributed by atoms with van der Waals surface area (Å²) in [4.78, 5) is 7.12. The molecule has 0 saturated carbocycles. The lowest BCUT2D eigenvalue weighted by Crippen LogP contribution is -2.07. The van der Waals surface area contributed by atoms with Crippen LogP contribution in [0.25, 0.3) is 21.8 Å². The standard InChI is InChI=1S/C20H19N5O/c1-25-10-12-6-7-14(8-13(12)11-25)22-20-19-15(9-21-24-19)18-16(23-20)4-3-5-17(18)26-2/h3-9H,10-11H2,1-2H3,(H,21,24)(H,22,23). The summed E-state index contributed by atoms with van der Waals surface area (Å²) >= 11 is 0. The number of hydrogen-bond acceptors (Lipinski definition) is 5. The zero-order valence-electron chi connectivity index (χ0n) is 14.7. The quantitative estimate of drug-likeness (QED) is 0.591. The molecule has 6 nitrogen and oxygen atoms in total. The van der Waals surface area contributed by atoms with Crippen molar-refractivity contribution in [3.8, 4) is 5.75 Å². The van der Waals surface area contributed by atoms with Crippen LogP contribution in [0.3, 0.4) is 0 Å². The summed E-state index contributed by atoms with van der Waals surface area (Å²) in [7, 11) is 3.81. The molecule has 2 N–H and O–H groups in total. The fraction of sp³-hybridized carbons (Fsp3) is 0.200. The summed E-state index contributed by atoms with van der Waals surface area (Å²) in [5.41, 5.74) is 5.53. The first-order valence-electron chi connectivity index (χ1n) is 8.60. The summed E-state index contributed by atoms with van der Waals surface area (Å²) in [5, 5.41) is 12.7. The number of nitrogens with zero attached hydrogens (tertiary/aromatic N) is 3. The lowest BCUT2D eigenvalue weighted by atomic mass is 10.1. The molecule has 130 valence electrons. The number of methoxy groups -OCH3 is 1. The number of pyridine rings is 1. The van der Waals surface area contributed by atoms with Crippen LogP contribution in [-0.4, -0.2) is 34.2 Å². The molecule has 2 aromatic heterocycles. The Kier molecular flexibility index (Phi) is 3.33. The largest absolute Gasteiger partial charge is 0.496 e. The van der Waals surface area contributed by atoms with Crippen molar-refractivity contribution in [3.05, 3.63) is 53.7 Å². The summed E-state index contributed by atoms with van der Waals surface area (Å²) in [6.45, 7) is 1.99. The van der Waals surface area contributed by atoms with E-state index in [-0.39, 0.29) is 0 Å². The second kappa shape index (κ2) is 5.71. The number of anilines is 2. The van der Waals surface area contributed by atoms with Gasteiger partial charge in [-0.05, 0) is 42.4 Å². The predicted molar refractivity (Wildman–Crippen MR) is 103 cm³/mol. The summed E-state index contributed by atoms with van der Waals surface area (Å²) in [6.07, 6.45) is 1.82. The van der Waals surface area contributed by atoms with Gasteiger partial charge in [-0.2, -0.15) is 5.10 Å². The van der Waals surface area contributed by atoms with E-state index in [9.17, 15) is 0 Å². The van der Waals surface area contributed by atoms with Gasteiger partial charge in [-0.3, -0.25) is 10.00 Å². The zero-order valence-corrected chi connectivity index (χ0v) is 14.7. The van der Waals surface area contributed by atoms with Crippen LogP contribution in [0.2, 0.25) is 0 Å². The Labute approximate surface area is 150 Å². The first-order chi connectivity index (χ1) is 12.7. The first-order valence-corrected chi connectivity index (χ1v) is 8.60. The van der Waals surface area contributed by atoms with Crippen LogP contribution in [-0.2, 0) is 13.1 Å². The molecule has 1 aliphatic heterocycles. The van der Waals surface area contributed by atoms with Gasteiger partial charge in [-0.25, -0.2) is 4.98 Å². The van der Waals surface area contributed by atoms with Crippen LogP contribution in [0, 0.1) is 0 Å². The monoisotopic (exact) mass is 345 g/mol. The zero-order chi connectivity index (χ0) is 17.7. The van der Waals surface area contributed by atoms with Crippen LogP contribution >= 0.6 is 0 Å². The molecule has 0 unspecified atom stereocenters. The molecule has 3 heterocycles. The molecule has 2 aromatic carbocycles. The molecule has 0 amide bonds. The van der Waals surface area contributed by atoms with E-state index in [2.05, 4.69) is 45.7 Å². The Bertz CT molecular complexity index is 1130. The fourth-order valence-electron chi connectivity index (χ4n) is 3.76. The Hall–Kier alpha value is -3.12. The number of aromatic amines is 1. The first kappa shape index (κ1) is 15.2. The van der Waals surface area contributed by atoms with Gasteiger partial charge in [0.05, 0.1) is 24.2 Å². The second-order valence-corrected chi connectivity index (χ2v) is 6.75. The normalized spacial score (nSPS) is 14.1. The van der Waals surface area contributed by atoms with Gasteiger partial charge in [-0.1, -0.05) is 12.1 Å². The number of benzene rings is 2. The molecule has 0 atom stereocenters. The summed E-state index contributed by atoms with van der Waals surface area (Å²) < 4.78 is 5.52. The van der Waals surface area contributed by atoms with Gasteiger partial charge in [0.2, 0.25) is 0 Å². The van der Waals surface area contributed by atoms with E-state index in [1.807, 2.05) is 24.4 Å². The molecule has 1 aliphatic rings. The van der Waals surface area contributed by atoms with Gasteiger partial charge in [0.1, 0.15) is 11.3 Å². The third kappa shape index (κ3) is 2.30. The molecule has 4 aromatic rings. The minimum absolute atomic E-state index is 0.768. The van der Waals surface area contributed by atoms with Gasteiger partial charge < -0.3 is 10.1 Å². The summed E-state index contributed by atoms with van der Waals surface area (Å²) in [6, 6.07) is 12.4. The second-order valence-electron chi connectivity index (χ2n) is 6.75. The highest BCUT2D eigenvalue weighted by molar-refractivity contribution is 6.11. The third-order valence-electron chi connectivity index (χ3n) is 4.95. The average Bonchev–Trinajstić information content (AvgIpc) is 3.26. The van der Waals surface area contributed by atoms with Crippen molar-refractivity contribution in [3.63, 3.8) is 0 Å². The Balaban J connectivity index is 1.63. The maximum Gasteiger partial charge on any atom is 0.157 e. The highest BCUT2D eigenvalue weighted by atomic mass is 16.5. The van der Waals surface area contributed by atoms with Crippen molar-refractivity contribution >= 4 is 33.3 Å². The topological polar surface area (TPSA) is 66.1 Å².